The van der Waals surface area contributed by atoms with Crippen molar-refractivity contribution in [1.29, 1.82) is 0 Å². The molecule has 0 fully saturated rings. The quantitative estimate of drug-likeness (QED) is 0.0205. The molecule has 0 atom stereocenters. The fourth-order valence-electron chi connectivity index (χ4n) is 7.48. The van der Waals surface area contributed by atoms with Gasteiger partial charge in [0.15, 0.2) is 0 Å². The lowest BCUT2D eigenvalue weighted by atomic mass is 10.1. The van der Waals surface area contributed by atoms with Gasteiger partial charge in [0.1, 0.15) is 11.5 Å². The van der Waals surface area contributed by atoms with E-state index in [4.69, 9.17) is 19.5 Å². The van der Waals surface area contributed by atoms with Gasteiger partial charge < -0.3 is 30.1 Å². The highest BCUT2D eigenvalue weighted by molar-refractivity contribution is 6.02. The molecule has 6 aromatic rings. The summed E-state index contributed by atoms with van der Waals surface area (Å²) in [5, 5.41) is 12.7. The van der Waals surface area contributed by atoms with Crippen molar-refractivity contribution < 1.29 is 19.1 Å². The molecule has 6 N–H and O–H groups in total. The summed E-state index contributed by atoms with van der Waals surface area (Å²) in [6, 6.07) is 30.1. The third-order valence-corrected chi connectivity index (χ3v) is 11.3. The van der Waals surface area contributed by atoms with Crippen LogP contribution in [-0.4, -0.2) is 70.7 Å². The van der Waals surface area contributed by atoms with Crippen molar-refractivity contribution in [3.63, 3.8) is 0 Å². The van der Waals surface area contributed by atoms with E-state index in [1.807, 2.05) is 85.2 Å². The van der Waals surface area contributed by atoms with Crippen LogP contribution in [0.15, 0.2) is 117 Å². The second kappa shape index (κ2) is 28.6. The van der Waals surface area contributed by atoms with Crippen LogP contribution in [0.1, 0.15) is 113 Å². The molecule has 70 heavy (non-hydrogen) atoms. The Balaban J connectivity index is 0.877. The van der Waals surface area contributed by atoms with E-state index in [1.54, 1.807) is 0 Å². The Morgan fingerprint density at radius 3 is 1.37 bits per heavy atom. The summed E-state index contributed by atoms with van der Waals surface area (Å²) in [4.78, 5) is 71.7. The fraction of sp³-hybridized carbons (Fsp3) is 0.370. The van der Waals surface area contributed by atoms with Gasteiger partial charge in [-0.1, -0.05) is 76.6 Å². The van der Waals surface area contributed by atoms with E-state index in [0.29, 0.717) is 39.1 Å². The lowest BCUT2D eigenvalue weighted by molar-refractivity contribution is 0.251. The van der Waals surface area contributed by atoms with Crippen molar-refractivity contribution in [2.24, 2.45) is 9.98 Å². The molecule has 0 aliphatic carbocycles. The summed E-state index contributed by atoms with van der Waals surface area (Å²) in [6.07, 6.45) is 16.4. The predicted molar refractivity (Wildman–Crippen MR) is 280 cm³/mol. The fourth-order valence-corrected chi connectivity index (χ4v) is 7.48. The van der Waals surface area contributed by atoms with Gasteiger partial charge in [-0.05, 0) is 123 Å². The van der Waals surface area contributed by atoms with Crippen LogP contribution in [0.5, 0.6) is 11.5 Å². The molecule has 4 aromatic carbocycles. The first kappa shape index (κ1) is 51.8. The lowest BCUT2D eigenvalue weighted by Crippen LogP contribution is -2.31. The van der Waals surface area contributed by atoms with E-state index < -0.39 is 0 Å². The molecule has 0 saturated heterocycles. The molecule has 0 aliphatic rings. The van der Waals surface area contributed by atoms with Crippen molar-refractivity contribution in [1.82, 2.24) is 30.6 Å². The summed E-state index contributed by atoms with van der Waals surface area (Å²) in [5.74, 6) is 1.93. The number of carbonyl (C=O) groups is 2. The summed E-state index contributed by atoms with van der Waals surface area (Å²) in [7, 11) is 0. The maximum Gasteiger partial charge on any atom is 0.321 e. The molecule has 2 heterocycles. The number of fused-ring (bicyclic) bond motifs is 1. The number of anilines is 2. The summed E-state index contributed by atoms with van der Waals surface area (Å²) < 4.78 is 12.0. The van der Waals surface area contributed by atoms with Gasteiger partial charge in [-0.25, -0.2) is 9.59 Å². The number of hydrogen-bond donors (Lipinski definition) is 6. The third kappa shape index (κ3) is 18.1. The maximum atomic E-state index is 12.1. The zero-order chi connectivity index (χ0) is 49.2. The highest BCUT2D eigenvalue weighted by Crippen LogP contribution is 2.32. The Morgan fingerprint density at radius 1 is 0.543 bits per heavy atom. The van der Waals surface area contributed by atoms with Gasteiger partial charge in [-0.2, -0.15) is 9.97 Å². The number of nitrogens with zero attached hydrogens (tertiary/aromatic N) is 4. The van der Waals surface area contributed by atoms with Crippen molar-refractivity contribution in [2.45, 2.75) is 104 Å². The van der Waals surface area contributed by atoms with Crippen LogP contribution in [0.4, 0.5) is 32.9 Å². The average molecular weight is 951 g/mol. The molecule has 0 spiro atoms. The van der Waals surface area contributed by atoms with Gasteiger partial charge in [0.25, 0.3) is 11.1 Å². The smallest absolute Gasteiger partial charge is 0.321 e. The van der Waals surface area contributed by atoms with E-state index in [9.17, 15) is 19.2 Å². The van der Waals surface area contributed by atoms with Crippen LogP contribution in [0.2, 0.25) is 0 Å². The molecule has 4 amide bonds. The van der Waals surface area contributed by atoms with Crippen molar-refractivity contribution in [3.05, 3.63) is 140 Å². The van der Waals surface area contributed by atoms with Gasteiger partial charge in [0, 0.05) is 59.8 Å². The summed E-state index contributed by atoms with van der Waals surface area (Å²) >= 11 is 0. The first-order valence-corrected chi connectivity index (χ1v) is 24.6. The topological polar surface area (TPSA) is 217 Å². The van der Waals surface area contributed by atoms with Gasteiger partial charge in [-0.15, -0.1) is 0 Å². The Labute approximate surface area is 409 Å². The standard InChI is InChI=1S/C54H66N10O6/c1-3-5-31-55-53(67)63-51-59-41(35-49(65)61-51)17-11-7-9-13-33-69-43-27-23-39(24-28-43)37-57-47-21-15-20-46-45(47)19-16-22-48(46)58-38-40-25-29-44(30-26-40)70-34-14-10-8-12-18-42-36-50(66)62-52(60-42)64-54(68)56-32-6-4-2/h15-16,19-30,35-38H,3-14,17-18,31-34H2,1-2H3,(H3,55,59,61,63,65,67)(H3,56,60,62,64,66,68)/b57-37+,58-38+. The highest BCUT2D eigenvalue weighted by Gasteiger charge is 2.09. The number of aliphatic imine (C=N–C) groups is 2. The molecule has 16 nitrogen and oxygen atoms in total. The van der Waals surface area contributed by atoms with Crippen LogP contribution >= 0.6 is 0 Å². The van der Waals surface area contributed by atoms with Crippen LogP contribution < -0.4 is 41.9 Å². The second-order valence-corrected chi connectivity index (χ2v) is 17.0. The number of rotatable bonds is 28. The number of benzene rings is 4. The Bertz CT molecular complexity index is 2560. The Kier molecular flexibility index (Phi) is 21.2. The largest absolute Gasteiger partial charge is 0.494 e. The first-order chi connectivity index (χ1) is 34.2. The molecule has 0 bridgehead atoms. The zero-order valence-corrected chi connectivity index (χ0v) is 40.4. The van der Waals surface area contributed by atoms with E-state index in [0.717, 1.165) is 133 Å². The second-order valence-electron chi connectivity index (χ2n) is 17.0. The number of aromatic amines is 2. The molecule has 368 valence electrons. The number of carbonyl (C=O) groups excluding carboxylic acids is 2. The van der Waals surface area contributed by atoms with Crippen LogP contribution in [-0.2, 0) is 12.8 Å². The molecule has 2 aromatic heterocycles. The minimum atomic E-state index is -0.381. The number of H-pyrrole nitrogens is 2. The highest BCUT2D eigenvalue weighted by atomic mass is 16.5. The molecule has 0 unspecified atom stereocenters. The molecule has 6 rings (SSSR count). The molecule has 0 radical (unpaired) electrons. The number of hydrogen-bond acceptors (Lipinski definition) is 10. The van der Waals surface area contributed by atoms with E-state index in [2.05, 4.69) is 67.2 Å². The van der Waals surface area contributed by atoms with Crippen molar-refractivity contribution >= 4 is 58.5 Å². The number of nitrogens with one attached hydrogen (secondary N) is 6. The summed E-state index contributed by atoms with van der Waals surface area (Å²) in [5.41, 5.74) is 4.36. The zero-order valence-electron chi connectivity index (χ0n) is 40.4. The minimum Gasteiger partial charge on any atom is -0.494 e. The Hall–Kier alpha value is -7.62. The normalized spacial score (nSPS) is 11.3. The number of ether oxygens (including phenoxy) is 2. The van der Waals surface area contributed by atoms with Crippen LogP contribution in [0, 0.1) is 0 Å². The number of unbranched alkanes of at least 4 members (excludes halogenated alkanes) is 8. The number of amides is 4. The van der Waals surface area contributed by atoms with Crippen LogP contribution in [0.3, 0.4) is 0 Å². The molecule has 0 aliphatic heterocycles. The molecule has 0 saturated carbocycles. The van der Waals surface area contributed by atoms with Gasteiger partial charge >= 0.3 is 12.1 Å². The average Bonchev–Trinajstić information content (AvgIpc) is 3.35. The van der Waals surface area contributed by atoms with E-state index >= 15 is 0 Å². The number of aromatic nitrogens is 4. The predicted octanol–water partition coefficient (Wildman–Crippen LogP) is 10.7. The van der Waals surface area contributed by atoms with Crippen LogP contribution in [0.25, 0.3) is 10.8 Å². The number of aryl methyl sites for hydroxylation is 2. The van der Waals surface area contributed by atoms with Gasteiger partial charge in [0.2, 0.25) is 11.9 Å². The van der Waals surface area contributed by atoms with Crippen molar-refractivity contribution in [2.75, 3.05) is 36.9 Å². The summed E-state index contributed by atoms with van der Waals surface area (Å²) in [6.45, 7) is 6.45. The minimum absolute atomic E-state index is 0.160. The first-order valence-electron chi connectivity index (χ1n) is 24.6. The molecular weight excluding hydrogens is 885 g/mol. The van der Waals surface area contributed by atoms with Gasteiger partial charge in [0.05, 0.1) is 24.6 Å². The number of urea groups is 2. The SMILES string of the molecule is CCCCNC(=O)Nc1nc(=O)cc(CCCCCCOc2ccc(/C=N/c3cccc4c(/N=C/c5ccc(OCCCCCCc6cc(=O)nc(NC(=O)NCCCC)[nH]6)cc5)cccc34)cc2)[nH]1. The van der Waals surface area contributed by atoms with E-state index in [-0.39, 0.29) is 35.1 Å². The van der Waals surface area contributed by atoms with E-state index in [1.165, 1.54) is 12.1 Å². The monoisotopic (exact) mass is 951 g/mol. The molecular formula is C54H66N10O6. The lowest BCUT2D eigenvalue weighted by Gasteiger charge is -2.09. The van der Waals surface area contributed by atoms with Crippen molar-refractivity contribution in [3.8, 4) is 11.5 Å². The Morgan fingerprint density at radius 2 is 0.957 bits per heavy atom. The molecule has 16 heteroatoms. The maximum absolute atomic E-state index is 12.1. The van der Waals surface area contributed by atoms with Gasteiger partial charge in [-0.3, -0.25) is 30.2 Å². The third-order valence-electron chi connectivity index (χ3n) is 11.3.